The summed E-state index contributed by atoms with van der Waals surface area (Å²) in [7, 11) is 1.43. The third kappa shape index (κ3) is 2.14. The minimum absolute atomic E-state index is 0.137. The van der Waals surface area contributed by atoms with Crippen LogP contribution in [-0.4, -0.2) is 37.0 Å². The molecular formula is C19H21NO4. The van der Waals surface area contributed by atoms with Gasteiger partial charge in [-0.1, -0.05) is 18.1 Å². The van der Waals surface area contributed by atoms with E-state index in [9.17, 15) is 9.59 Å². The Bertz CT molecular complexity index is 824. The van der Waals surface area contributed by atoms with E-state index in [2.05, 4.69) is 0 Å². The highest BCUT2D eigenvalue weighted by Crippen LogP contribution is 2.49. The molecule has 5 nitrogen and oxygen atoms in total. The lowest BCUT2D eigenvalue weighted by Gasteiger charge is -2.25. The molecule has 2 fully saturated rings. The smallest absolute Gasteiger partial charge is 0.313 e. The summed E-state index contributed by atoms with van der Waals surface area (Å²) >= 11 is 0. The van der Waals surface area contributed by atoms with Crippen LogP contribution in [0, 0.1) is 18.3 Å². The number of fused-ring (bicyclic) bond motifs is 2. The molecule has 2 aliphatic rings. The van der Waals surface area contributed by atoms with Crippen LogP contribution >= 0.6 is 0 Å². The monoisotopic (exact) mass is 327 g/mol. The number of likely N-dealkylation sites (tertiary alicyclic amines) is 1. The second-order valence-corrected chi connectivity index (χ2v) is 7.07. The third-order valence-electron chi connectivity index (χ3n) is 5.63. The molecule has 2 atom stereocenters. The van der Waals surface area contributed by atoms with Crippen LogP contribution in [0.3, 0.4) is 0 Å². The highest BCUT2D eigenvalue weighted by Gasteiger charge is 2.56. The highest BCUT2D eigenvalue weighted by atomic mass is 16.5. The molecule has 0 spiro atoms. The minimum Gasteiger partial charge on any atom is -0.469 e. The molecule has 1 saturated heterocycles. The van der Waals surface area contributed by atoms with Crippen LogP contribution in [0.1, 0.15) is 35.4 Å². The quantitative estimate of drug-likeness (QED) is 0.795. The molecule has 1 saturated carbocycles. The number of methoxy groups -OCH3 is 1. The first kappa shape index (κ1) is 15.2. The predicted octanol–water partition coefficient (Wildman–Crippen LogP) is 3.16. The zero-order chi connectivity index (χ0) is 16.9. The van der Waals surface area contributed by atoms with Gasteiger partial charge in [-0.3, -0.25) is 9.59 Å². The van der Waals surface area contributed by atoms with Crippen LogP contribution in [0.2, 0.25) is 0 Å². The van der Waals surface area contributed by atoms with E-state index in [0.717, 1.165) is 30.2 Å². The van der Waals surface area contributed by atoms with E-state index in [-0.39, 0.29) is 17.8 Å². The SMILES string of the molecule is COC(=O)[C@@]12CCC[C@H]1CN(C(=O)c1cc3cc(C)ccc3o1)C2. The fourth-order valence-corrected chi connectivity index (χ4v) is 4.40. The van der Waals surface area contributed by atoms with Crippen molar-refractivity contribution in [3.8, 4) is 0 Å². The van der Waals surface area contributed by atoms with E-state index in [1.54, 1.807) is 11.0 Å². The average Bonchev–Trinajstić information content (AvgIpc) is 3.24. The van der Waals surface area contributed by atoms with Crippen molar-refractivity contribution in [2.75, 3.05) is 20.2 Å². The van der Waals surface area contributed by atoms with Crippen LogP contribution in [-0.2, 0) is 9.53 Å². The van der Waals surface area contributed by atoms with Crippen molar-refractivity contribution >= 4 is 22.8 Å². The number of amides is 1. The van der Waals surface area contributed by atoms with E-state index >= 15 is 0 Å². The van der Waals surface area contributed by atoms with Crippen LogP contribution in [0.25, 0.3) is 11.0 Å². The highest BCUT2D eigenvalue weighted by molar-refractivity contribution is 5.97. The molecule has 4 rings (SSSR count). The summed E-state index contributed by atoms with van der Waals surface area (Å²) < 4.78 is 10.8. The van der Waals surface area contributed by atoms with Crippen molar-refractivity contribution in [1.82, 2.24) is 4.90 Å². The first-order valence-electron chi connectivity index (χ1n) is 8.41. The van der Waals surface area contributed by atoms with Crippen LogP contribution < -0.4 is 0 Å². The van der Waals surface area contributed by atoms with Gasteiger partial charge in [-0.05, 0) is 43.9 Å². The number of furan rings is 1. The van der Waals surface area contributed by atoms with Crippen molar-refractivity contribution in [2.45, 2.75) is 26.2 Å². The first-order chi connectivity index (χ1) is 11.5. The number of nitrogens with zero attached hydrogens (tertiary/aromatic N) is 1. The summed E-state index contributed by atoms with van der Waals surface area (Å²) in [6.45, 7) is 3.04. The maximum absolute atomic E-state index is 12.9. The Morgan fingerprint density at radius 2 is 2.17 bits per heavy atom. The zero-order valence-corrected chi connectivity index (χ0v) is 14.0. The molecule has 126 valence electrons. The Kier molecular flexibility index (Phi) is 3.41. The molecule has 0 N–H and O–H groups in total. The summed E-state index contributed by atoms with van der Waals surface area (Å²) in [6, 6.07) is 7.65. The molecule has 2 heterocycles. The molecule has 24 heavy (non-hydrogen) atoms. The predicted molar refractivity (Wildman–Crippen MR) is 88.6 cm³/mol. The molecule has 1 amide bonds. The number of benzene rings is 1. The van der Waals surface area contributed by atoms with Crippen molar-refractivity contribution in [3.05, 3.63) is 35.6 Å². The molecule has 0 bridgehead atoms. The van der Waals surface area contributed by atoms with Crippen LogP contribution in [0.5, 0.6) is 0 Å². The number of hydrogen-bond acceptors (Lipinski definition) is 4. The Hall–Kier alpha value is -2.30. The summed E-state index contributed by atoms with van der Waals surface area (Å²) in [5, 5.41) is 0.931. The molecule has 2 aromatic rings. The molecule has 1 aliphatic carbocycles. The van der Waals surface area contributed by atoms with Gasteiger partial charge in [0.15, 0.2) is 5.76 Å². The minimum atomic E-state index is -0.521. The number of hydrogen-bond donors (Lipinski definition) is 0. The van der Waals surface area contributed by atoms with Crippen molar-refractivity contribution in [1.29, 1.82) is 0 Å². The van der Waals surface area contributed by atoms with Crippen molar-refractivity contribution < 1.29 is 18.7 Å². The molecule has 1 aromatic carbocycles. The fraction of sp³-hybridized carbons (Fsp3) is 0.474. The number of rotatable bonds is 2. The zero-order valence-electron chi connectivity index (χ0n) is 14.0. The van der Waals surface area contributed by atoms with Gasteiger partial charge in [0.05, 0.1) is 12.5 Å². The van der Waals surface area contributed by atoms with Gasteiger partial charge in [0.1, 0.15) is 5.58 Å². The molecular weight excluding hydrogens is 306 g/mol. The molecule has 5 heteroatoms. The number of carbonyl (C=O) groups is 2. The summed E-state index contributed by atoms with van der Waals surface area (Å²) in [4.78, 5) is 26.9. The Labute approximate surface area is 140 Å². The Morgan fingerprint density at radius 3 is 2.96 bits per heavy atom. The molecule has 1 aliphatic heterocycles. The first-order valence-corrected chi connectivity index (χ1v) is 8.41. The van der Waals surface area contributed by atoms with Gasteiger partial charge in [-0.2, -0.15) is 0 Å². The lowest BCUT2D eigenvalue weighted by Crippen LogP contribution is -2.38. The maximum Gasteiger partial charge on any atom is 0.313 e. The van der Waals surface area contributed by atoms with Crippen LogP contribution in [0.15, 0.2) is 28.7 Å². The van der Waals surface area contributed by atoms with E-state index in [1.165, 1.54) is 7.11 Å². The lowest BCUT2D eigenvalue weighted by atomic mass is 9.81. The lowest BCUT2D eigenvalue weighted by molar-refractivity contribution is -0.153. The number of esters is 1. The molecule has 1 aromatic heterocycles. The van der Waals surface area contributed by atoms with E-state index in [1.807, 2.05) is 25.1 Å². The molecule has 0 unspecified atom stereocenters. The van der Waals surface area contributed by atoms with Gasteiger partial charge in [0.25, 0.3) is 5.91 Å². The van der Waals surface area contributed by atoms with E-state index in [4.69, 9.17) is 9.15 Å². The number of ether oxygens (including phenoxy) is 1. The largest absolute Gasteiger partial charge is 0.469 e. The standard InChI is InChI=1S/C19H21NO4/c1-12-5-6-15-13(8-12)9-16(24-15)17(21)20-10-14-4-3-7-19(14,11-20)18(22)23-2/h5-6,8-9,14H,3-4,7,10-11H2,1-2H3/t14-,19+/m0/s1. The third-order valence-corrected chi connectivity index (χ3v) is 5.63. The second-order valence-electron chi connectivity index (χ2n) is 7.07. The summed E-state index contributed by atoms with van der Waals surface area (Å²) in [6.07, 6.45) is 2.79. The number of carbonyl (C=O) groups excluding carboxylic acids is 2. The normalized spacial score (nSPS) is 25.9. The summed E-state index contributed by atoms with van der Waals surface area (Å²) in [5.74, 6) is 0.221. The maximum atomic E-state index is 12.9. The van der Waals surface area contributed by atoms with Gasteiger partial charge in [-0.15, -0.1) is 0 Å². The van der Waals surface area contributed by atoms with Crippen molar-refractivity contribution in [3.63, 3.8) is 0 Å². The van der Waals surface area contributed by atoms with Crippen LogP contribution in [0.4, 0.5) is 0 Å². The van der Waals surface area contributed by atoms with E-state index < -0.39 is 5.41 Å². The van der Waals surface area contributed by atoms with Crippen molar-refractivity contribution in [2.24, 2.45) is 11.3 Å². The van der Waals surface area contributed by atoms with Gasteiger partial charge in [0, 0.05) is 18.5 Å². The van der Waals surface area contributed by atoms with Gasteiger partial charge >= 0.3 is 5.97 Å². The Balaban J connectivity index is 1.62. The Morgan fingerprint density at radius 1 is 1.33 bits per heavy atom. The fourth-order valence-electron chi connectivity index (χ4n) is 4.40. The number of aryl methyl sites for hydroxylation is 1. The van der Waals surface area contributed by atoms with Gasteiger partial charge in [0.2, 0.25) is 0 Å². The molecule has 0 radical (unpaired) electrons. The topological polar surface area (TPSA) is 59.8 Å². The average molecular weight is 327 g/mol. The van der Waals surface area contributed by atoms with E-state index in [0.29, 0.717) is 24.4 Å². The van der Waals surface area contributed by atoms with Gasteiger partial charge < -0.3 is 14.1 Å². The second kappa shape index (κ2) is 5.36. The summed E-state index contributed by atoms with van der Waals surface area (Å²) in [5.41, 5.74) is 1.32. The van der Waals surface area contributed by atoms with Gasteiger partial charge in [-0.25, -0.2) is 0 Å².